The molecule has 124 valence electrons. The number of aromatic amines is 1. The molecule has 1 aliphatic heterocycles. The van der Waals surface area contributed by atoms with Crippen molar-refractivity contribution in [3.8, 4) is 11.4 Å². The van der Waals surface area contributed by atoms with Crippen LogP contribution >= 0.6 is 11.6 Å². The second-order valence-corrected chi connectivity index (χ2v) is 6.16. The van der Waals surface area contributed by atoms with Crippen molar-refractivity contribution >= 4 is 28.3 Å². The minimum Gasteiger partial charge on any atom is -0.353 e. The monoisotopic (exact) mass is 343 g/mol. The molecule has 0 aliphatic carbocycles. The van der Waals surface area contributed by atoms with Crippen LogP contribution in [0.25, 0.3) is 22.3 Å². The van der Waals surface area contributed by atoms with E-state index in [-0.39, 0.29) is 0 Å². The van der Waals surface area contributed by atoms with E-state index in [9.17, 15) is 0 Å². The summed E-state index contributed by atoms with van der Waals surface area (Å²) in [5.74, 6) is 2.14. The Kier molecular flexibility index (Phi) is 4.05. The Labute approximate surface area is 144 Å². The predicted molar refractivity (Wildman–Crippen MR) is 95.1 cm³/mol. The number of nitrogens with one attached hydrogen (secondary N) is 2. The largest absolute Gasteiger partial charge is 0.353 e. The molecule has 0 unspecified atom stereocenters. The molecule has 1 fully saturated rings. The van der Waals surface area contributed by atoms with Crippen molar-refractivity contribution in [1.29, 1.82) is 0 Å². The summed E-state index contributed by atoms with van der Waals surface area (Å²) >= 11 is 6.48. The zero-order chi connectivity index (χ0) is 16.5. The van der Waals surface area contributed by atoms with Gasteiger partial charge in [-0.3, -0.25) is 5.10 Å². The maximum atomic E-state index is 6.48. The normalized spacial score (nSPS) is 15.2. The number of nitrogens with two attached hydrogens (primary N) is 1. The molecule has 4 rings (SSSR count). The Morgan fingerprint density at radius 3 is 2.75 bits per heavy atom. The molecule has 24 heavy (non-hydrogen) atoms. The zero-order valence-electron chi connectivity index (χ0n) is 13.1. The number of piperazine rings is 1. The minimum atomic E-state index is 0.335. The Hall–Kier alpha value is -2.22. The molecule has 0 saturated carbocycles. The molecule has 0 atom stereocenters. The molecule has 3 heterocycles. The summed E-state index contributed by atoms with van der Waals surface area (Å²) in [6.45, 7) is 4.05. The van der Waals surface area contributed by atoms with Gasteiger partial charge in [0.25, 0.3) is 0 Å². The lowest BCUT2D eigenvalue weighted by Crippen LogP contribution is -2.44. The summed E-state index contributed by atoms with van der Waals surface area (Å²) in [6, 6.07) is 7.90. The van der Waals surface area contributed by atoms with Crippen LogP contribution in [0, 0.1) is 0 Å². The summed E-state index contributed by atoms with van der Waals surface area (Å²) < 4.78 is 0. The molecule has 1 aliphatic rings. The first-order valence-corrected chi connectivity index (χ1v) is 8.30. The summed E-state index contributed by atoms with van der Waals surface area (Å²) in [5.41, 5.74) is 7.39. The van der Waals surface area contributed by atoms with Crippen LogP contribution in [0.5, 0.6) is 0 Å². The summed E-state index contributed by atoms with van der Waals surface area (Å²) in [4.78, 5) is 11.3. The van der Waals surface area contributed by atoms with E-state index in [1.807, 2.05) is 24.3 Å². The lowest BCUT2D eigenvalue weighted by atomic mass is 10.1. The van der Waals surface area contributed by atoms with Crippen molar-refractivity contribution in [1.82, 2.24) is 25.5 Å². The third-order valence-electron chi connectivity index (χ3n) is 4.15. The first-order valence-electron chi connectivity index (χ1n) is 7.92. The smallest absolute Gasteiger partial charge is 0.181 e. The van der Waals surface area contributed by atoms with Crippen molar-refractivity contribution in [2.45, 2.75) is 6.54 Å². The maximum absolute atomic E-state index is 6.48. The molecule has 0 spiro atoms. The van der Waals surface area contributed by atoms with E-state index < -0.39 is 0 Å². The maximum Gasteiger partial charge on any atom is 0.181 e. The first-order chi connectivity index (χ1) is 11.7. The van der Waals surface area contributed by atoms with Gasteiger partial charge in [-0.05, 0) is 24.3 Å². The van der Waals surface area contributed by atoms with Gasteiger partial charge in [-0.2, -0.15) is 5.10 Å². The molecule has 4 N–H and O–H groups in total. The molecule has 0 bridgehead atoms. The van der Waals surface area contributed by atoms with E-state index in [0.717, 1.165) is 48.5 Å². The summed E-state index contributed by atoms with van der Waals surface area (Å²) in [7, 11) is 0. The number of benzene rings is 1. The quantitative estimate of drug-likeness (QED) is 0.667. The van der Waals surface area contributed by atoms with Gasteiger partial charge in [0.15, 0.2) is 5.82 Å². The van der Waals surface area contributed by atoms with Gasteiger partial charge in [-0.1, -0.05) is 11.6 Å². The van der Waals surface area contributed by atoms with Crippen LogP contribution < -0.4 is 16.0 Å². The number of nitrogens with zero attached hydrogens (tertiary/aromatic N) is 4. The molecular formula is C16H18ClN7. The number of aromatic nitrogens is 4. The molecule has 1 aromatic carbocycles. The third kappa shape index (κ3) is 2.82. The SMILES string of the molecule is NCc1nc(-c2ccc3nc(N4CCNCC4)c(Cl)cc3c2)n[nH]1. The molecule has 0 radical (unpaired) electrons. The van der Waals surface area contributed by atoms with Crippen LogP contribution in [0.1, 0.15) is 5.82 Å². The Bertz CT molecular complexity index is 870. The lowest BCUT2D eigenvalue weighted by Gasteiger charge is -2.29. The van der Waals surface area contributed by atoms with E-state index in [0.29, 0.717) is 23.2 Å². The molecule has 2 aromatic heterocycles. The van der Waals surface area contributed by atoms with Gasteiger partial charge in [0.2, 0.25) is 0 Å². The van der Waals surface area contributed by atoms with Crippen molar-refractivity contribution in [3.05, 3.63) is 35.1 Å². The fraction of sp³-hybridized carbons (Fsp3) is 0.312. The Morgan fingerprint density at radius 1 is 1.17 bits per heavy atom. The van der Waals surface area contributed by atoms with Crippen molar-refractivity contribution < 1.29 is 0 Å². The topological polar surface area (TPSA) is 95.8 Å². The third-order valence-corrected chi connectivity index (χ3v) is 4.43. The fourth-order valence-corrected chi connectivity index (χ4v) is 3.17. The van der Waals surface area contributed by atoms with E-state index in [1.54, 1.807) is 0 Å². The highest BCUT2D eigenvalue weighted by Gasteiger charge is 2.16. The number of hydrogen-bond donors (Lipinski definition) is 3. The molecule has 1 saturated heterocycles. The minimum absolute atomic E-state index is 0.335. The van der Waals surface area contributed by atoms with Crippen LogP contribution in [0.15, 0.2) is 24.3 Å². The van der Waals surface area contributed by atoms with Gasteiger partial charge in [0, 0.05) is 37.1 Å². The average Bonchev–Trinajstić information content (AvgIpc) is 3.10. The number of rotatable bonds is 3. The van der Waals surface area contributed by atoms with Crippen LogP contribution in [-0.2, 0) is 6.54 Å². The number of hydrogen-bond acceptors (Lipinski definition) is 6. The summed E-state index contributed by atoms with van der Waals surface area (Å²) in [5, 5.41) is 12.0. The van der Waals surface area contributed by atoms with E-state index >= 15 is 0 Å². The molecular weight excluding hydrogens is 326 g/mol. The predicted octanol–water partition coefficient (Wildman–Crippen LogP) is 1.54. The highest BCUT2D eigenvalue weighted by atomic mass is 35.5. The second kappa shape index (κ2) is 6.35. The van der Waals surface area contributed by atoms with Gasteiger partial charge in [-0.15, -0.1) is 0 Å². The fourth-order valence-electron chi connectivity index (χ4n) is 2.89. The van der Waals surface area contributed by atoms with Gasteiger partial charge >= 0.3 is 0 Å². The van der Waals surface area contributed by atoms with Gasteiger partial charge in [-0.25, -0.2) is 9.97 Å². The van der Waals surface area contributed by atoms with Gasteiger partial charge < -0.3 is 16.0 Å². The molecule has 0 amide bonds. The number of anilines is 1. The van der Waals surface area contributed by atoms with Crippen LogP contribution in [0.2, 0.25) is 5.02 Å². The number of H-pyrrole nitrogens is 1. The van der Waals surface area contributed by atoms with E-state index in [2.05, 4.69) is 25.4 Å². The van der Waals surface area contributed by atoms with Crippen LogP contribution in [-0.4, -0.2) is 46.3 Å². The van der Waals surface area contributed by atoms with E-state index in [4.69, 9.17) is 22.3 Å². The van der Waals surface area contributed by atoms with Crippen LogP contribution in [0.4, 0.5) is 5.82 Å². The van der Waals surface area contributed by atoms with Crippen molar-refractivity contribution in [2.24, 2.45) is 5.73 Å². The molecule has 8 heteroatoms. The first kappa shape index (κ1) is 15.3. The molecule has 7 nitrogen and oxygen atoms in total. The number of halogens is 1. The van der Waals surface area contributed by atoms with Crippen molar-refractivity contribution in [2.75, 3.05) is 31.1 Å². The summed E-state index contributed by atoms with van der Waals surface area (Å²) in [6.07, 6.45) is 0. The Morgan fingerprint density at radius 2 is 2.00 bits per heavy atom. The average molecular weight is 344 g/mol. The van der Waals surface area contributed by atoms with Gasteiger partial charge in [0.1, 0.15) is 11.6 Å². The Balaban J connectivity index is 1.72. The lowest BCUT2D eigenvalue weighted by molar-refractivity contribution is 0.585. The zero-order valence-corrected chi connectivity index (χ0v) is 13.8. The van der Waals surface area contributed by atoms with E-state index in [1.165, 1.54) is 0 Å². The van der Waals surface area contributed by atoms with Crippen molar-refractivity contribution in [3.63, 3.8) is 0 Å². The number of fused-ring (bicyclic) bond motifs is 1. The molecule has 3 aromatic rings. The van der Waals surface area contributed by atoms with Gasteiger partial charge in [0.05, 0.1) is 17.1 Å². The highest BCUT2D eigenvalue weighted by molar-refractivity contribution is 6.33. The van der Waals surface area contributed by atoms with Crippen LogP contribution in [0.3, 0.4) is 0 Å². The highest BCUT2D eigenvalue weighted by Crippen LogP contribution is 2.30. The second-order valence-electron chi connectivity index (χ2n) is 5.75. The number of pyridine rings is 1. The standard InChI is InChI=1S/C16H18ClN7/c17-12-8-11-7-10(15-21-14(9-18)22-23-15)1-2-13(11)20-16(12)24-5-3-19-4-6-24/h1-2,7-8,19H,3-6,9,18H2,(H,21,22,23).